The Hall–Kier alpha value is -2.28. The Morgan fingerprint density at radius 2 is 1.61 bits per heavy atom. The lowest BCUT2D eigenvalue weighted by Gasteiger charge is -2.36. The summed E-state index contributed by atoms with van der Waals surface area (Å²) in [6.07, 6.45) is 6.76. The van der Waals surface area contributed by atoms with Gasteiger partial charge in [0.25, 0.3) is 5.91 Å². The molecule has 31 heavy (non-hydrogen) atoms. The molecule has 0 N–H and O–H groups in total. The number of hydrogen-bond donors (Lipinski definition) is 0. The van der Waals surface area contributed by atoms with Crippen molar-refractivity contribution in [1.29, 1.82) is 0 Å². The number of nitrogens with zero attached hydrogens (tertiary/aromatic N) is 4. The fourth-order valence-electron chi connectivity index (χ4n) is 5.44. The van der Waals surface area contributed by atoms with Gasteiger partial charge in [0, 0.05) is 39.8 Å². The lowest BCUT2D eigenvalue weighted by molar-refractivity contribution is -0.134. The average molecular weight is 429 g/mol. The summed E-state index contributed by atoms with van der Waals surface area (Å²) in [6.45, 7) is 5.56. The summed E-state index contributed by atoms with van der Waals surface area (Å²) in [5.74, 6) is 0.974. The number of para-hydroxylation sites is 2. The molecule has 7 heteroatoms. The smallest absolute Gasteiger partial charge is 0.327 e. The number of benzene rings is 1. The molecule has 1 saturated carbocycles. The molecule has 0 unspecified atom stereocenters. The predicted octanol–water partition coefficient (Wildman–Crippen LogP) is 3.19. The van der Waals surface area contributed by atoms with E-state index in [4.69, 9.17) is 4.74 Å². The largest absolute Gasteiger partial charge is 0.495 e. The van der Waals surface area contributed by atoms with Gasteiger partial charge in [-0.2, -0.15) is 0 Å². The van der Waals surface area contributed by atoms with Crippen LogP contribution in [0.5, 0.6) is 5.75 Å². The van der Waals surface area contributed by atoms with Crippen LogP contribution >= 0.6 is 0 Å². The molecule has 4 rings (SSSR count). The van der Waals surface area contributed by atoms with Gasteiger partial charge in [0.2, 0.25) is 0 Å². The van der Waals surface area contributed by atoms with Crippen molar-refractivity contribution in [2.45, 2.75) is 50.5 Å². The van der Waals surface area contributed by atoms with Crippen LogP contribution in [0.1, 0.15) is 44.9 Å². The van der Waals surface area contributed by atoms with E-state index in [1.165, 1.54) is 11.3 Å². The van der Waals surface area contributed by atoms with E-state index >= 15 is 0 Å². The Balaban J connectivity index is 1.21. The van der Waals surface area contributed by atoms with Crippen molar-refractivity contribution in [3.8, 4) is 5.75 Å². The molecule has 1 aromatic carbocycles. The van der Waals surface area contributed by atoms with Crippen molar-refractivity contribution in [1.82, 2.24) is 14.7 Å². The SMILES string of the molecule is COc1ccccc1N1CCN(CCCCN2C(=O)N(C)C3(CCCCC3)C2=O)CC1. The molecule has 2 aliphatic heterocycles. The Kier molecular flexibility index (Phi) is 6.70. The van der Waals surface area contributed by atoms with E-state index in [0.717, 1.165) is 82.7 Å². The fourth-order valence-corrected chi connectivity index (χ4v) is 5.44. The maximum Gasteiger partial charge on any atom is 0.327 e. The summed E-state index contributed by atoms with van der Waals surface area (Å²) in [6, 6.07) is 8.09. The van der Waals surface area contributed by atoms with Crippen molar-refractivity contribution >= 4 is 17.6 Å². The standard InChI is InChI=1S/C24H36N4O3/c1-25-23(30)28(22(29)24(25)12-6-3-7-13-24)15-9-8-14-26-16-18-27(19-17-26)20-10-4-5-11-21(20)31-2/h4-5,10-11H,3,6-9,12-19H2,1-2H3. The van der Waals surface area contributed by atoms with Gasteiger partial charge in [0.05, 0.1) is 12.8 Å². The summed E-state index contributed by atoms with van der Waals surface area (Å²) >= 11 is 0. The van der Waals surface area contributed by atoms with E-state index in [1.807, 2.05) is 19.2 Å². The molecular weight excluding hydrogens is 392 g/mol. The van der Waals surface area contributed by atoms with Crippen LogP contribution in [0.4, 0.5) is 10.5 Å². The number of urea groups is 1. The van der Waals surface area contributed by atoms with Crippen LogP contribution in [0.2, 0.25) is 0 Å². The molecule has 0 atom stereocenters. The minimum atomic E-state index is -0.551. The third-order valence-corrected chi connectivity index (χ3v) is 7.39. The first-order chi connectivity index (χ1) is 15.1. The summed E-state index contributed by atoms with van der Waals surface area (Å²) < 4.78 is 5.50. The number of anilines is 1. The lowest BCUT2D eigenvalue weighted by Crippen LogP contribution is -2.49. The van der Waals surface area contributed by atoms with Gasteiger partial charge in [-0.1, -0.05) is 31.4 Å². The molecule has 2 heterocycles. The van der Waals surface area contributed by atoms with Gasteiger partial charge in [-0.05, 0) is 44.4 Å². The van der Waals surface area contributed by atoms with Gasteiger partial charge in [-0.3, -0.25) is 14.6 Å². The summed E-state index contributed by atoms with van der Waals surface area (Å²) in [4.78, 5) is 33.9. The molecule has 0 aromatic heterocycles. The van der Waals surface area contributed by atoms with Crippen molar-refractivity contribution in [2.75, 3.05) is 58.3 Å². The maximum atomic E-state index is 13.1. The van der Waals surface area contributed by atoms with Crippen LogP contribution in [0.15, 0.2) is 24.3 Å². The van der Waals surface area contributed by atoms with Gasteiger partial charge in [-0.25, -0.2) is 4.79 Å². The van der Waals surface area contributed by atoms with Crippen molar-refractivity contribution < 1.29 is 14.3 Å². The van der Waals surface area contributed by atoms with Gasteiger partial charge in [0.1, 0.15) is 11.3 Å². The zero-order valence-corrected chi connectivity index (χ0v) is 19.0. The van der Waals surface area contributed by atoms with Gasteiger partial charge >= 0.3 is 6.03 Å². The minimum Gasteiger partial charge on any atom is -0.495 e. The number of imide groups is 1. The monoisotopic (exact) mass is 428 g/mol. The van der Waals surface area contributed by atoms with Crippen LogP contribution in [-0.2, 0) is 4.79 Å². The highest BCUT2D eigenvalue weighted by molar-refractivity contribution is 6.06. The third-order valence-electron chi connectivity index (χ3n) is 7.39. The Morgan fingerprint density at radius 1 is 0.935 bits per heavy atom. The van der Waals surface area contributed by atoms with Gasteiger partial charge in [-0.15, -0.1) is 0 Å². The highest BCUT2D eigenvalue weighted by Gasteiger charge is 2.55. The Bertz CT molecular complexity index is 785. The number of likely N-dealkylation sites (N-methyl/N-ethyl adjacent to an activating group) is 1. The highest BCUT2D eigenvalue weighted by Crippen LogP contribution is 2.39. The molecule has 170 valence electrons. The Morgan fingerprint density at radius 3 is 2.32 bits per heavy atom. The molecule has 3 amide bonds. The van der Waals surface area contributed by atoms with Crippen LogP contribution in [0, 0.1) is 0 Å². The summed E-state index contributed by atoms with van der Waals surface area (Å²) in [5.41, 5.74) is 0.612. The number of ether oxygens (including phenoxy) is 1. The first-order valence-electron chi connectivity index (χ1n) is 11.8. The van der Waals surface area contributed by atoms with Crippen molar-refractivity contribution in [2.24, 2.45) is 0 Å². The van der Waals surface area contributed by atoms with Gasteiger partial charge < -0.3 is 14.5 Å². The number of unbranched alkanes of at least 4 members (excludes halogenated alkanes) is 1. The summed E-state index contributed by atoms with van der Waals surface area (Å²) in [5, 5.41) is 0. The number of hydrogen-bond acceptors (Lipinski definition) is 5. The van der Waals surface area contributed by atoms with E-state index in [2.05, 4.69) is 21.9 Å². The van der Waals surface area contributed by atoms with Crippen molar-refractivity contribution in [3.63, 3.8) is 0 Å². The van der Waals surface area contributed by atoms with E-state index < -0.39 is 5.54 Å². The van der Waals surface area contributed by atoms with E-state index in [-0.39, 0.29) is 11.9 Å². The number of carbonyl (C=O) groups excluding carboxylic acids is 2. The number of piperazine rings is 1. The molecule has 2 saturated heterocycles. The van der Waals surface area contributed by atoms with Crippen molar-refractivity contribution in [3.05, 3.63) is 24.3 Å². The first kappa shape index (κ1) is 21.9. The number of methoxy groups -OCH3 is 1. The van der Waals surface area contributed by atoms with E-state index in [0.29, 0.717) is 6.54 Å². The molecular formula is C24H36N4O3. The predicted molar refractivity (Wildman–Crippen MR) is 122 cm³/mol. The molecule has 7 nitrogen and oxygen atoms in total. The lowest BCUT2D eigenvalue weighted by atomic mass is 9.81. The molecule has 0 bridgehead atoms. The maximum absolute atomic E-state index is 13.1. The second-order valence-corrected chi connectivity index (χ2v) is 9.10. The van der Waals surface area contributed by atoms with Crippen LogP contribution in [0.3, 0.4) is 0 Å². The zero-order valence-electron chi connectivity index (χ0n) is 19.0. The number of carbonyl (C=O) groups is 2. The second kappa shape index (κ2) is 9.47. The quantitative estimate of drug-likeness (QED) is 0.493. The average Bonchev–Trinajstić information content (AvgIpc) is 2.98. The summed E-state index contributed by atoms with van der Waals surface area (Å²) in [7, 11) is 3.53. The van der Waals surface area contributed by atoms with Crippen LogP contribution in [0.25, 0.3) is 0 Å². The third kappa shape index (κ3) is 4.25. The van der Waals surface area contributed by atoms with E-state index in [1.54, 1.807) is 12.0 Å². The van der Waals surface area contributed by atoms with Gasteiger partial charge in [0.15, 0.2) is 0 Å². The minimum absolute atomic E-state index is 0.0464. The highest BCUT2D eigenvalue weighted by atomic mass is 16.5. The second-order valence-electron chi connectivity index (χ2n) is 9.10. The molecule has 1 aromatic rings. The van der Waals surface area contributed by atoms with Crippen LogP contribution < -0.4 is 9.64 Å². The molecule has 0 radical (unpaired) electrons. The molecule has 3 fully saturated rings. The topological polar surface area (TPSA) is 56.3 Å². The molecule has 1 spiro atoms. The van der Waals surface area contributed by atoms with E-state index in [9.17, 15) is 9.59 Å². The normalized spacial score (nSPS) is 21.9. The molecule has 1 aliphatic carbocycles. The fraction of sp³-hybridized carbons (Fsp3) is 0.667. The van der Waals surface area contributed by atoms with Crippen LogP contribution in [-0.4, -0.2) is 85.6 Å². The number of amides is 3. The molecule has 3 aliphatic rings. The zero-order chi connectivity index (χ0) is 21.8. The Labute approximate surface area is 185 Å². The first-order valence-corrected chi connectivity index (χ1v) is 11.8. The number of rotatable bonds is 7.